The van der Waals surface area contributed by atoms with Crippen molar-refractivity contribution in [3.8, 4) is 0 Å². The van der Waals surface area contributed by atoms with E-state index in [9.17, 15) is 13.2 Å². The SMILES string of the molecule is Cc1nccn1CC1CSc2c(c3ccccc3n2S(C)(=O)=O)C1=O. The minimum absolute atomic E-state index is 0.000417. The van der Waals surface area contributed by atoms with Gasteiger partial charge < -0.3 is 4.57 Å². The van der Waals surface area contributed by atoms with Gasteiger partial charge in [-0.2, -0.15) is 0 Å². The van der Waals surface area contributed by atoms with Crippen molar-refractivity contribution in [3.63, 3.8) is 0 Å². The van der Waals surface area contributed by atoms with Crippen LogP contribution in [-0.2, 0) is 16.6 Å². The monoisotopic (exact) mass is 375 g/mol. The van der Waals surface area contributed by atoms with Gasteiger partial charge in [-0.15, -0.1) is 11.8 Å². The molecule has 25 heavy (non-hydrogen) atoms. The lowest BCUT2D eigenvalue weighted by atomic mass is 9.98. The number of hydrogen-bond acceptors (Lipinski definition) is 5. The van der Waals surface area contributed by atoms with Gasteiger partial charge in [0.15, 0.2) is 5.78 Å². The Kier molecular flexibility index (Phi) is 3.77. The van der Waals surface area contributed by atoms with Gasteiger partial charge in [0.25, 0.3) is 0 Å². The van der Waals surface area contributed by atoms with Crippen molar-refractivity contribution in [2.75, 3.05) is 12.0 Å². The molecular weight excluding hydrogens is 358 g/mol. The lowest BCUT2D eigenvalue weighted by molar-refractivity contribution is 0.0916. The molecule has 0 saturated heterocycles. The number of ketones is 1. The van der Waals surface area contributed by atoms with E-state index in [-0.39, 0.29) is 11.7 Å². The van der Waals surface area contributed by atoms with Crippen LogP contribution in [0.4, 0.5) is 0 Å². The fourth-order valence-corrected chi connectivity index (χ4v) is 5.98. The van der Waals surface area contributed by atoms with Gasteiger partial charge in [0.1, 0.15) is 10.9 Å². The first-order chi connectivity index (χ1) is 11.9. The zero-order chi connectivity index (χ0) is 17.8. The number of carbonyl (C=O) groups is 1. The highest BCUT2D eigenvalue weighted by atomic mass is 32.2. The summed E-state index contributed by atoms with van der Waals surface area (Å²) in [5.74, 6) is 1.21. The molecule has 1 aliphatic rings. The van der Waals surface area contributed by atoms with E-state index in [1.54, 1.807) is 18.3 Å². The second-order valence-electron chi connectivity index (χ2n) is 6.22. The number of para-hydroxylation sites is 1. The third-order valence-corrected chi connectivity index (χ3v) is 6.89. The first-order valence-electron chi connectivity index (χ1n) is 7.86. The van der Waals surface area contributed by atoms with Gasteiger partial charge in [0.05, 0.1) is 17.3 Å². The number of aryl methyl sites for hydroxylation is 1. The van der Waals surface area contributed by atoms with Gasteiger partial charge in [0, 0.05) is 36.0 Å². The number of nitrogens with zero attached hydrogens (tertiary/aromatic N) is 3. The average molecular weight is 375 g/mol. The van der Waals surface area contributed by atoms with Crippen LogP contribution in [0.5, 0.6) is 0 Å². The van der Waals surface area contributed by atoms with Crippen molar-refractivity contribution in [3.05, 3.63) is 48.0 Å². The smallest absolute Gasteiger partial charge is 0.237 e. The van der Waals surface area contributed by atoms with Crippen LogP contribution in [-0.4, -0.2) is 39.7 Å². The van der Waals surface area contributed by atoms with Gasteiger partial charge in [0.2, 0.25) is 10.0 Å². The molecule has 1 aliphatic heterocycles. The van der Waals surface area contributed by atoms with E-state index in [1.807, 2.05) is 29.8 Å². The second-order valence-corrected chi connectivity index (χ2v) is 9.06. The Labute approximate surface area is 149 Å². The molecule has 3 aromatic rings. The third kappa shape index (κ3) is 2.60. The lowest BCUT2D eigenvalue weighted by Gasteiger charge is -2.22. The Hall–Kier alpha value is -2.06. The predicted molar refractivity (Wildman–Crippen MR) is 97.7 cm³/mol. The van der Waals surface area contributed by atoms with Gasteiger partial charge in [-0.05, 0) is 13.0 Å². The number of thioether (sulfide) groups is 1. The normalized spacial score (nSPS) is 17.8. The molecule has 8 heteroatoms. The Bertz CT molecular complexity index is 1100. The highest BCUT2D eigenvalue weighted by Gasteiger charge is 2.35. The van der Waals surface area contributed by atoms with Crippen LogP contribution in [0.25, 0.3) is 10.9 Å². The minimum atomic E-state index is -3.50. The van der Waals surface area contributed by atoms with Gasteiger partial charge in [-0.3, -0.25) is 4.79 Å². The van der Waals surface area contributed by atoms with E-state index in [0.717, 1.165) is 5.82 Å². The Morgan fingerprint density at radius 3 is 2.76 bits per heavy atom. The molecule has 0 aliphatic carbocycles. The summed E-state index contributed by atoms with van der Waals surface area (Å²) in [5, 5.41) is 1.24. The van der Waals surface area contributed by atoms with Gasteiger partial charge >= 0.3 is 0 Å². The maximum Gasteiger partial charge on any atom is 0.237 e. The van der Waals surface area contributed by atoms with E-state index in [1.165, 1.54) is 22.0 Å². The van der Waals surface area contributed by atoms with Crippen molar-refractivity contribution in [2.45, 2.75) is 18.5 Å². The summed E-state index contributed by atoms with van der Waals surface area (Å²) in [5.41, 5.74) is 1.09. The van der Waals surface area contributed by atoms with Crippen molar-refractivity contribution in [2.24, 2.45) is 5.92 Å². The molecule has 0 bridgehead atoms. The number of benzene rings is 1. The fraction of sp³-hybridized carbons (Fsp3) is 0.294. The minimum Gasteiger partial charge on any atom is -0.334 e. The summed E-state index contributed by atoms with van der Waals surface area (Å²) in [4.78, 5) is 17.4. The number of imidazole rings is 1. The first-order valence-corrected chi connectivity index (χ1v) is 10.7. The van der Waals surface area contributed by atoms with Crippen molar-refractivity contribution in [1.82, 2.24) is 13.5 Å². The largest absolute Gasteiger partial charge is 0.334 e. The van der Waals surface area contributed by atoms with E-state index in [2.05, 4.69) is 4.98 Å². The number of Topliss-reactive ketones (excluding diaryl/α,β-unsaturated/α-hetero) is 1. The maximum atomic E-state index is 13.2. The standard InChI is InChI=1S/C17H17N3O3S2/c1-11-18-7-8-19(11)9-12-10-24-17-15(16(12)21)13-5-3-4-6-14(13)20(17)25(2,22)23/h3-8,12H,9-10H2,1-2H3. The quantitative estimate of drug-likeness (QED) is 0.703. The van der Waals surface area contributed by atoms with Crippen molar-refractivity contribution >= 4 is 38.5 Å². The molecule has 2 aromatic heterocycles. The molecule has 1 aromatic carbocycles. The van der Waals surface area contributed by atoms with Crippen LogP contribution in [0.2, 0.25) is 0 Å². The number of hydrogen-bond donors (Lipinski definition) is 0. The van der Waals surface area contributed by atoms with Crippen molar-refractivity contribution < 1.29 is 13.2 Å². The van der Waals surface area contributed by atoms with Crippen LogP contribution < -0.4 is 0 Å². The van der Waals surface area contributed by atoms with E-state index >= 15 is 0 Å². The maximum absolute atomic E-state index is 13.2. The zero-order valence-electron chi connectivity index (χ0n) is 13.8. The number of fused-ring (bicyclic) bond motifs is 3. The Morgan fingerprint density at radius 2 is 2.08 bits per heavy atom. The molecule has 0 radical (unpaired) electrons. The summed E-state index contributed by atoms with van der Waals surface area (Å²) in [6, 6.07) is 7.18. The summed E-state index contributed by atoms with van der Waals surface area (Å²) in [7, 11) is -3.50. The third-order valence-electron chi connectivity index (χ3n) is 4.50. The molecule has 0 amide bonds. The van der Waals surface area contributed by atoms with E-state index < -0.39 is 10.0 Å². The highest BCUT2D eigenvalue weighted by Crippen LogP contribution is 2.41. The summed E-state index contributed by atoms with van der Waals surface area (Å²) >= 11 is 1.44. The summed E-state index contributed by atoms with van der Waals surface area (Å²) < 4.78 is 27.9. The molecule has 4 rings (SSSR count). The Balaban J connectivity index is 1.86. The van der Waals surface area contributed by atoms with Crippen LogP contribution in [0.15, 0.2) is 41.7 Å². The van der Waals surface area contributed by atoms with Crippen LogP contribution in [0, 0.1) is 12.8 Å². The molecule has 130 valence electrons. The molecule has 6 nitrogen and oxygen atoms in total. The van der Waals surface area contributed by atoms with Crippen LogP contribution >= 0.6 is 11.8 Å². The van der Waals surface area contributed by atoms with E-state index in [0.29, 0.717) is 33.8 Å². The van der Waals surface area contributed by atoms with Crippen molar-refractivity contribution in [1.29, 1.82) is 0 Å². The average Bonchev–Trinajstić information content (AvgIpc) is 3.11. The molecule has 1 atom stereocenters. The molecule has 0 N–H and O–H groups in total. The molecule has 3 heterocycles. The second kappa shape index (κ2) is 5.74. The Morgan fingerprint density at radius 1 is 1.32 bits per heavy atom. The topological polar surface area (TPSA) is 74.0 Å². The molecule has 1 unspecified atom stereocenters. The van der Waals surface area contributed by atoms with Gasteiger partial charge in [-0.25, -0.2) is 17.4 Å². The molecular formula is C17H17N3O3S2. The number of aromatic nitrogens is 3. The fourth-order valence-electron chi connectivity index (χ4n) is 3.32. The van der Waals surface area contributed by atoms with Crippen LogP contribution in [0.3, 0.4) is 0 Å². The van der Waals surface area contributed by atoms with Gasteiger partial charge in [-0.1, -0.05) is 18.2 Å². The predicted octanol–water partition coefficient (Wildman–Crippen LogP) is 2.56. The van der Waals surface area contributed by atoms with Crippen LogP contribution in [0.1, 0.15) is 16.2 Å². The number of carbonyl (C=O) groups excluding carboxylic acids is 1. The summed E-state index contributed by atoms with van der Waals surface area (Å²) in [6.45, 7) is 2.46. The molecule has 0 saturated carbocycles. The zero-order valence-corrected chi connectivity index (χ0v) is 15.5. The lowest BCUT2D eigenvalue weighted by Crippen LogP contribution is -2.27. The van der Waals surface area contributed by atoms with E-state index in [4.69, 9.17) is 0 Å². The summed E-state index contributed by atoms with van der Waals surface area (Å²) in [6.07, 6.45) is 4.75. The molecule has 0 fully saturated rings. The molecule has 0 spiro atoms. The number of rotatable bonds is 3. The highest BCUT2D eigenvalue weighted by molar-refractivity contribution is 8.00. The first kappa shape index (κ1) is 16.4.